The predicted molar refractivity (Wildman–Crippen MR) is 161 cm³/mol. The van der Waals surface area contributed by atoms with E-state index in [9.17, 15) is 31.2 Å². The number of carbonyl (C=O) groups excluding carboxylic acids is 2. The fourth-order valence-corrected chi connectivity index (χ4v) is 5.91. The van der Waals surface area contributed by atoms with Gasteiger partial charge >= 0.3 is 6.18 Å². The first kappa shape index (κ1) is 33.9. The molecule has 0 fully saturated rings. The van der Waals surface area contributed by atoms with Crippen LogP contribution in [0.1, 0.15) is 49.9 Å². The maximum Gasteiger partial charge on any atom is 0.417 e. The molecule has 0 bridgehead atoms. The Kier molecular flexibility index (Phi) is 10.2. The number of carbonyl (C=O) groups is 2. The van der Waals surface area contributed by atoms with Crippen molar-refractivity contribution in [3.8, 4) is 0 Å². The van der Waals surface area contributed by atoms with Crippen LogP contribution in [-0.4, -0.2) is 43.3 Å². The Bertz CT molecular complexity index is 1590. The molecule has 1 N–H and O–H groups in total. The quantitative estimate of drug-likeness (QED) is 0.290. The van der Waals surface area contributed by atoms with Gasteiger partial charge in [-0.1, -0.05) is 53.6 Å². The largest absolute Gasteiger partial charge is 0.417 e. The predicted octanol–water partition coefficient (Wildman–Crippen LogP) is 6.50. The number of anilines is 1. The van der Waals surface area contributed by atoms with Gasteiger partial charge < -0.3 is 10.2 Å². The minimum absolute atomic E-state index is 0.0446. The summed E-state index contributed by atoms with van der Waals surface area (Å²) in [5.74, 6) is -1.27. The number of nitrogens with one attached hydrogen (secondary N) is 1. The second-order valence-corrected chi connectivity index (χ2v) is 13.6. The number of halogens is 4. The van der Waals surface area contributed by atoms with E-state index < -0.39 is 62.4 Å². The lowest BCUT2D eigenvalue weighted by Crippen LogP contribution is -2.54. The van der Waals surface area contributed by atoms with Crippen molar-refractivity contribution in [1.82, 2.24) is 10.2 Å². The van der Waals surface area contributed by atoms with Crippen LogP contribution < -0.4 is 9.62 Å². The van der Waals surface area contributed by atoms with Gasteiger partial charge in [0.05, 0.1) is 21.2 Å². The Morgan fingerprint density at radius 2 is 1.56 bits per heavy atom. The van der Waals surface area contributed by atoms with Crippen molar-refractivity contribution in [2.45, 2.75) is 70.7 Å². The van der Waals surface area contributed by atoms with Crippen LogP contribution in [0.25, 0.3) is 0 Å². The molecule has 43 heavy (non-hydrogen) atoms. The fraction of sp³-hybridized carbons (Fsp3) is 0.355. The molecule has 0 aliphatic carbocycles. The van der Waals surface area contributed by atoms with Gasteiger partial charge in [0.2, 0.25) is 11.8 Å². The Morgan fingerprint density at radius 1 is 0.953 bits per heavy atom. The zero-order valence-corrected chi connectivity index (χ0v) is 26.4. The van der Waals surface area contributed by atoms with Crippen molar-refractivity contribution in [3.63, 3.8) is 0 Å². The third-order valence-corrected chi connectivity index (χ3v) is 8.82. The molecule has 0 aromatic heterocycles. The van der Waals surface area contributed by atoms with Crippen molar-refractivity contribution in [2.75, 3.05) is 10.8 Å². The van der Waals surface area contributed by atoms with Crippen molar-refractivity contribution < 1.29 is 31.2 Å². The summed E-state index contributed by atoms with van der Waals surface area (Å²) in [6.45, 7) is 9.50. The number of rotatable bonds is 9. The van der Waals surface area contributed by atoms with Gasteiger partial charge in [-0.15, -0.1) is 0 Å². The molecule has 7 nitrogen and oxygen atoms in total. The normalized spacial score (nSPS) is 12.9. The Hall–Kier alpha value is -3.57. The molecule has 0 unspecified atom stereocenters. The third kappa shape index (κ3) is 8.51. The van der Waals surface area contributed by atoms with Crippen LogP contribution >= 0.6 is 11.6 Å². The zero-order chi connectivity index (χ0) is 32.3. The summed E-state index contributed by atoms with van der Waals surface area (Å²) in [6, 6.07) is 14.5. The van der Waals surface area contributed by atoms with Crippen LogP contribution in [0.15, 0.2) is 71.6 Å². The van der Waals surface area contributed by atoms with Gasteiger partial charge in [0.15, 0.2) is 0 Å². The number of nitrogens with zero attached hydrogens (tertiary/aromatic N) is 2. The van der Waals surface area contributed by atoms with Crippen LogP contribution in [0, 0.1) is 13.8 Å². The smallest absolute Gasteiger partial charge is 0.350 e. The topological polar surface area (TPSA) is 86.8 Å². The molecular weight excluding hydrogens is 603 g/mol. The van der Waals surface area contributed by atoms with E-state index in [4.69, 9.17) is 11.6 Å². The monoisotopic (exact) mass is 637 g/mol. The van der Waals surface area contributed by atoms with Crippen LogP contribution in [0.4, 0.5) is 18.9 Å². The lowest BCUT2D eigenvalue weighted by atomic mass is 10.1. The highest BCUT2D eigenvalue weighted by Crippen LogP contribution is 2.38. The minimum atomic E-state index is -4.88. The molecular formula is C31H35ClF3N3O4S. The van der Waals surface area contributed by atoms with E-state index in [0.29, 0.717) is 15.9 Å². The first-order valence-corrected chi connectivity index (χ1v) is 15.2. The summed E-state index contributed by atoms with van der Waals surface area (Å²) in [5.41, 5.74) is 0.0213. The fourth-order valence-electron chi connectivity index (χ4n) is 4.28. The molecule has 3 aromatic carbocycles. The molecule has 0 radical (unpaired) electrons. The molecule has 0 aliphatic rings. The van der Waals surface area contributed by atoms with Gasteiger partial charge in [-0.3, -0.25) is 13.9 Å². The number of hydrogen-bond donors (Lipinski definition) is 1. The molecule has 3 aromatic rings. The highest BCUT2D eigenvalue weighted by atomic mass is 35.5. The van der Waals surface area contributed by atoms with Crippen molar-refractivity contribution in [3.05, 3.63) is 94.0 Å². The van der Waals surface area contributed by atoms with E-state index in [1.54, 1.807) is 52.0 Å². The summed E-state index contributed by atoms with van der Waals surface area (Å²) >= 11 is 5.82. The Labute approximate surface area is 255 Å². The van der Waals surface area contributed by atoms with Gasteiger partial charge in [0.1, 0.15) is 12.6 Å². The summed E-state index contributed by atoms with van der Waals surface area (Å²) in [5, 5.41) is 2.21. The van der Waals surface area contributed by atoms with Crippen LogP contribution in [-0.2, 0) is 32.3 Å². The second kappa shape index (κ2) is 13.0. The number of alkyl halides is 3. The van der Waals surface area contributed by atoms with Gasteiger partial charge in [-0.2, -0.15) is 13.2 Å². The minimum Gasteiger partial charge on any atom is -0.350 e. The van der Waals surface area contributed by atoms with E-state index in [2.05, 4.69) is 5.32 Å². The average molecular weight is 638 g/mol. The van der Waals surface area contributed by atoms with E-state index in [1.807, 2.05) is 19.1 Å². The number of sulfonamides is 1. The van der Waals surface area contributed by atoms with E-state index in [1.165, 1.54) is 24.0 Å². The first-order valence-electron chi connectivity index (χ1n) is 13.4. The molecule has 0 saturated carbocycles. The van der Waals surface area contributed by atoms with E-state index >= 15 is 0 Å². The second-order valence-electron chi connectivity index (χ2n) is 11.3. The van der Waals surface area contributed by atoms with Crippen molar-refractivity contribution in [1.29, 1.82) is 0 Å². The molecule has 0 heterocycles. The van der Waals surface area contributed by atoms with Crippen LogP contribution in [0.2, 0.25) is 5.02 Å². The highest BCUT2D eigenvalue weighted by Gasteiger charge is 2.37. The SMILES string of the molecule is Cc1ccc(S(=O)(=O)N(CC(=O)N(Cc2ccccc2C)[C@H](C)C(=O)NC(C)(C)C)c2ccc(Cl)c(C(F)(F)F)c2)cc1. The van der Waals surface area contributed by atoms with Gasteiger partial charge in [0.25, 0.3) is 10.0 Å². The maximum absolute atomic E-state index is 14.0. The lowest BCUT2D eigenvalue weighted by molar-refractivity contribution is -0.140. The van der Waals surface area contributed by atoms with Crippen molar-refractivity contribution in [2.24, 2.45) is 0 Å². The number of aryl methyl sites for hydroxylation is 2. The summed E-state index contributed by atoms with van der Waals surface area (Å²) in [6.07, 6.45) is -4.88. The van der Waals surface area contributed by atoms with Gasteiger partial charge in [-0.25, -0.2) is 8.42 Å². The van der Waals surface area contributed by atoms with E-state index in [-0.39, 0.29) is 11.4 Å². The molecule has 232 valence electrons. The highest BCUT2D eigenvalue weighted by molar-refractivity contribution is 7.92. The maximum atomic E-state index is 14.0. The molecule has 0 spiro atoms. The number of benzene rings is 3. The zero-order valence-electron chi connectivity index (χ0n) is 24.8. The number of amides is 2. The standard InChI is InChI=1S/C31H35ClF3N3O4S/c1-20-11-14-25(15-12-20)43(41,42)38(24-13-16-27(32)26(17-24)31(33,34)35)19-28(39)37(18-23-10-8-7-9-21(23)2)22(3)29(40)36-30(4,5)6/h7-17,22H,18-19H2,1-6H3,(H,36,40)/t22-/m1/s1. The van der Waals surface area contributed by atoms with Crippen LogP contribution in [0.3, 0.4) is 0 Å². The molecule has 0 saturated heterocycles. The first-order chi connectivity index (χ1) is 19.8. The molecule has 3 rings (SSSR count). The van der Waals surface area contributed by atoms with Crippen LogP contribution in [0.5, 0.6) is 0 Å². The van der Waals surface area contributed by atoms with E-state index in [0.717, 1.165) is 23.3 Å². The Morgan fingerprint density at radius 3 is 2.12 bits per heavy atom. The molecule has 12 heteroatoms. The average Bonchev–Trinajstić information content (AvgIpc) is 2.89. The summed E-state index contributed by atoms with van der Waals surface area (Å²) in [7, 11) is -4.56. The number of hydrogen-bond acceptors (Lipinski definition) is 4. The molecule has 1 atom stereocenters. The molecule has 2 amide bonds. The third-order valence-electron chi connectivity index (χ3n) is 6.70. The van der Waals surface area contributed by atoms with Gasteiger partial charge in [-0.05, 0) is 83.0 Å². The summed E-state index contributed by atoms with van der Waals surface area (Å²) in [4.78, 5) is 28.2. The lowest BCUT2D eigenvalue weighted by Gasteiger charge is -2.34. The summed E-state index contributed by atoms with van der Waals surface area (Å²) < 4.78 is 69.8. The Balaban J connectivity index is 2.14. The molecule has 0 aliphatic heterocycles. The van der Waals surface area contributed by atoms with Gasteiger partial charge in [0, 0.05) is 12.1 Å². The van der Waals surface area contributed by atoms with Crippen molar-refractivity contribution >= 4 is 39.1 Å².